The van der Waals surface area contributed by atoms with Gasteiger partial charge in [0.1, 0.15) is 5.41 Å². The monoisotopic (exact) mass is 394 g/mol. The standard InChI is InChI=1S/C16H12Br2O2/c17-14(19)16(15(18)20,13-9-5-2-6-10-13)11-12-7-3-1-4-8-12/h1-10H,11H2. The molecule has 0 amide bonds. The Kier molecular flexibility index (Phi) is 4.89. The molecule has 102 valence electrons. The van der Waals surface area contributed by atoms with E-state index >= 15 is 0 Å². The highest BCUT2D eigenvalue weighted by Gasteiger charge is 2.44. The third-order valence-corrected chi connectivity index (χ3v) is 4.60. The normalized spacial score (nSPS) is 11.1. The van der Waals surface area contributed by atoms with Crippen molar-refractivity contribution in [1.82, 2.24) is 0 Å². The number of benzene rings is 2. The summed E-state index contributed by atoms with van der Waals surface area (Å²) < 4.78 is -0.691. The fourth-order valence-electron chi connectivity index (χ4n) is 2.17. The summed E-state index contributed by atoms with van der Waals surface area (Å²) in [6.45, 7) is 0. The number of halogens is 2. The van der Waals surface area contributed by atoms with E-state index in [4.69, 9.17) is 0 Å². The van der Waals surface area contributed by atoms with Gasteiger partial charge in [-0.2, -0.15) is 0 Å². The predicted octanol–water partition coefficient (Wildman–Crippen LogP) is 4.01. The maximum atomic E-state index is 12.2. The minimum Gasteiger partial charge on any atom is -0.285 e. The Morgan fingerprint density at radius 1 is 0.800 bits per heavy atom. The van der Waals surface area contributed by atoms with Crippen molar-refractivity contribution in [2.24, 2.45) is 0 Å². The maximum Gasteiger partial charge on any atom is 0.217 e. The van der Waals surface area contributed by atoms with Crippen LogP contribution >= 0.6 is 31.9 Å². The highest BCUT2D eigenvalue weighted by Crippen LogP contribution is 2.35. The number of carbonyl (C=O) groups is 2. The lowest BCUT2D eigenvalue weighted by Gasteiger charge is -2.27. The summed E-state index contributed by atoms with van der Waals surface area (Å²) in [6, 6.07) is 18.6. The SMILES string of the molecule is O=C(Br)C(Cc1ccccc1)(C(=O)Br)c1ccccc1. The summed E-state index contributed by atoms with van der Waals surface area (Å²) in [7, 11) is 0. The van der Waals surface area contributed by atoms with Gasteiger partial charge in [-0.25, -0.2) is 0 Å². The highest BCUT2D eigenvalue weighted by atomic mass is 79.9. The molecule has 0 spiro atoms. The summed E-state index contributed by atoms with van der Waals surface area (Å²) in [6.07, 6.45) is 0.312. The zero-order valence-corrected chi connectivity index (χ0v) is 13.7. The van der Waals surface area contributed by atoms with Crippen LogP contribution in [0.1, 0.15) is 11.1 Å². The molecule has 0 saturated carbocycles. The molecule has 2 aromatic carbocycles. The van der Waals surface area contributed by atoms with Gasteiger partial charge in [0.05, 0.1) is 0 Å². The van der Waals surface area contributed by atoms with Crippen LogP contribution in [0.25, 0.3) is 0 Å². The summed E-state index contributed by atoms with van der Waals surface area (Å²) in [5.74, 6) is 0. The molecule has 20 heavy (non-hydrogen) atoms. The molecule has 2 aromatic rings. The van der Waals surface area contributed by atoms with E-state index in [1.54, 1.807) is 12.1 Å². The van der Waals surface area contributed by atoms with Crippen molar-refractivity contribution < 1.29 is 9.59 Å². The molecule has 0 fully saturated rings. The van der Waals surface area contributed by atoms with Crippen LogP contribution < -0.4 is 0 Å². The highest BCUT2D eigenvalue weighted by molar-refractivity contribution is 9.19. The molecule has 0 aromatic heterocycles. The van der Waals surface area contributed by atoms with Crippen LogP contribution in [0.2, 0.25) is 0 Å². The first-order valence-electron chi connectivity index (χ1n) is 6.06. The van der Waals surface area contributed by atoms with Gasteiger partial charge < -0.3 is 0 Å². The van der Waals surface area contributed by atoms with E-state index in [0.29, 0.717) is 12.0 Å². The first-order valence-corrected chi connectivity index (χ1v) is 7.65. The minimum absolute atomic E-state index is 0.312. The van der Waals surface area contributed by atoms with Crippen molar-refractivity contribution in [3.05, 3.63) is 71.8 Å². The van der Waals surface area contributed by atoms with Gasteiger partial charge in [0.2, 0.25) is 9.39 Å². The van der Waals surface area contributed by atoms with Gasteiger partial charge >= 0.3 is 0 Å². The lowest BCUT2D eigenvalue weighted by atomic mass is 9.78. The summed E-state index contributed by atoms with van der Waals surface area (Å²) in [5.41, 5.74) is 0.354. The van der Waals surface area contributed by atoms with Crippen LogP contribution in [0.15, 0.2) is 60.7 Å². The Bertz CT molecular complexity index is 595. The zero-order chi connectivity index (χ0) is 14.6. The number of rotatable bonds is 5. The van der Waals surface area contributed by atoms with Gasteiger partial charge in [0.15, 0.2) is 0 Å². The summed E-state index contributed by atoms with van der Waals surface area (Å²) in [5, 5.41) is 0. The fraction of sp³-hybridized carbons (Fsp3) is 0.125. The van der Waals surface area contributed by atoms with Gasteiger partial charge in [-0.1, -0.05) is 60.7 Å². The second-order valence-corrected chi connectivity index (χ2v) is 5.92. The lowest BCUT2D eigenvalue weighted by Crippen LogP contribution is -2.40. The van der Waals surface area contributed by atoms with E-state index in [9.17, 15) is 9.59 Å². The van der Waals surface area contributed by atoms with Crippen LogP contribution in [-0.4, -0.2) is 9.39 Å². The quantitative estimate of drug-likeness (QED) is 0.566. The number of hydrogen-bond acceptors (Lipinski definition) is 2. The van der Waals surface area contributed by atoms with Crippen LogP contribution in [0.3, 0.4) is 0 Å². The van der Waals surface area contributed by atoms with Crippen LogP contribution in [0.5, 0.6) is 0 Å². The van der Waals surface area contributed by atoms with E-state index < -0.39 is 5.41 Å². The van der Waals surface area contributed by atoms with E-state index in [1.807, 2.05) is 48.5 Å². The van der Waals surface area contributed by atoms with E-state index in [1.165, 1.54) is 0 Å². The Labute approximate surface area is 134 Å². The van der Waals surface area contributed by atoms with Gasteiger partial charge in [-0.3, -0.25) is 9.59 Å². The third-order valence-electron chi connectivity index (χ3n) is 3.25. The van der Waals surface area contributed by atoms with E-state index in [2.05, 4.69) is 31.9 Å². The molecule has 0 aliphatic rings. The van der Waals surface area contributed by atoms with Crippen LogP contribution in [0, 0.1) is 0 Å². The zero-order valence-electron chi connectivity index (χ0n) is 10.6. The molecule has 0 N–H and O–H groups in total. The van der Waals surface area contributed by atoms with Crippen molar-refractivity contribution in [1.29, 1.82) is 0 Å². The topological polar surface area (TPSA) is 34.1 Å². The minimum atomic E-state index is -1.25. The summed E-state index contributed by atoms with van der Waals surface area (Å²) in [4.78, 5) is 24.4. The molecule has 0 heterocycles. The molecule has 2 nitrogen and oxygen atoms in total. The van der Waals surface area contributed by atoms with Crippen molar-refractivity contribution in [3.8, 4) is 0 Å². The average Bonchev–Trinajstić information content (AvgIpc) is 2.46. The van der Waals surface area contributed by atoms with E-state index in [0.717, 1.165) is 5.56 Å². The lowest BCUT2D eigenvalue weighted by molar-refractivity contribution is -0.124. The molecule has 0 unspecified atom stereocenters. The molecule has 4 heteroatoms. The molecule has 0 radical (unpaired) electrons. The molecule has 0 atom stereocenters. The third kappa shape index (κ3) is 2.91. The van der Waals surface area contributed by atoms with Crippen molar-refractivity contribution in [3.63, 3.8) is 0 Å². The van der Waals surface area contributed by atoms with Crippen molar-refractivity contribution in [2.45, 2.75) is 11.8 Å². The molecule has 2 rings (SSSR count). The predicted molar refractivity (Wildman–Crippen MR) is 86.1 cm³/mol. The molecular weight excluding hydrogens is 384 g/mol. The van der Waals surface area contributed by atoms with Crippen molar-refractivity contribution >= 4 is 41.2 Å². The van der Waals surface area contributed by atoms with Gasteiger partial charge in [-0.05, 0) is 49.4 Å². The maximum absolute atomic E-state index is 12.2. The average molecular weight is 396 g/mol. The van der Waals surface area contributed by atoms with Gasteiger partial charge in [-0.15, -0.1) is 0 Å². The fourth-order valence-corrected chi connectivity index (χ4v) is 3.53. The summed E-state index contributed by atoms with van der Waals surface area (Å²) >= 11 is 6.01. The second kappa shape index (κ2) is 6.46. The second-order valence-electron chi connectivity index (χ2n) is 4.48. The molecule has 0 bridgehead atoms. The first kappa shape index (κ1) is 15.1. The Hall–Kier alpha value is -1.26. The van der Waals surface area contributed by atoms with Crippen LogP contribution in [0.4, 0.5) is 0 Å². The van der Waals surface area contributed by atoms with Crippen LogP contribution in [-0.2, 0) is 21.4 Å². The molecule has 0 aliphatic heterocycles. The Balaban J connectivity index is 2.55. The molecule has 0 aliphatic carbocycles. The van der Waals surface area contributed by atoms with Gasteiger partial charge in [0, 0.05) is 0 Å². The largest absolute Gasteiger partial charge is 0.285 e. The number of carbonyl (C=O) groups excluding carboxylic acids is 2. The smallest absolute Gasteiger partial charge is 0.217 e. The molecule has 0 saturated heterocycles. The van der Waals surface area contributed by atoms with Crippen molar-refractivity contribution in [2.75, 3.05) is 0 Å². The first-order chi connectivity index (χ1) is 9.57. The van der Waals surface area contributed by atoms with Gasteiger partial charge in [0.25, 0.3) is 0 Å². The number of hydrogen-bond donors (Lipinski definition) is 0. The Morgan fingerprint density at radius 2 is 1.25 bits per heavy atom. The Morgan fingerprint density at radius 3 is 1.70 bits per heavy atom. The van der Waals surface area contributed by atoms with E-state index in [-0.39, 0.29) is 9.39 Å². The molecular formula is C16H12Br2O2.